The summed E-state index contributed by atoms with van der Waals surface area (Å²) in [5.41, 5.74) is 3.56. The molecule has 1 aromatic carbocycles. The molecule has 0 spiro atoms. The van der Waals surface area contributed by atoms with E-state index in [0.717, 1.165) is 23.0 Å². The molecule has 0 heterocycles. The highest BCUT2D eigenvalue weighted by atomic mass is 32.2. The molecule has 0 radical (unpaired) electrons. The van der Waals surface area contributed by atoms with E-state index in [0.29, 0.717) is 11.3 Å². The van der Waals surface area contributed by atoms with Crippen molar-refractivity contribution in [1.82, 2.24) is 0 Å². The Morgan fingerprint density at radius 2 is 1.73 bits per heavy atom. The first-order chi connectivity index (χ1) is 10.4. The van der Waals surface area contributed by atoms with Gasteiger partial charge in [-0.2, -0.15) is 13.7 Å². The molecule has 6 heteroatoms. The zero-order valence-corrected chi connectivity index (χ0v) is 13.0. The molecule has 0 aliphatic heterocycles. The lowest BCUT2D eigenvalue weighted by Crippen LogP contribution is -2.01. The van der Waals surface area contributed by atoms with E-state index in [9.17, 15) is 13.7 Å². The Kier molecular flexibility index (Phi) is 4.59. The van der Waals surface area contributed by atoms with Gasteiger partial charge in [0.05, 0.1) is 11.8 Å². The van der Waals surface area contributed by atoms with Crippen molar-refractivity contribution in [1.29, 1.82) is 5.26 Å². The number of allylic oxidation sites excluding steroid dienone is 6. The highest BCUT2D eigenvalue weighted by Gasteiger charge is 2.09. The predicted molar refractivity (Wildman–Crippen MR) is 85.4 cm³/mol. The Labute approximate surface area is 129 Å². The standard InChI is InChI=1S/C16H14N2O3S/c1-12-3-5-13(6-4-12)16(11-17)14-7-9-15(10-8-14)18-21-22(2,19)20/h3-10H,1-2H3. The fourth-order valence-corrected chi connectivity index (χ4v) is 2.04. The number of nitrogens with zero attached hydrogens (tertiary/aromatic N) is 2. The molecule has 22 heavy (non-hydrogen) atoms. The van der Waals surface area contributed by atoms with Crippen LogP contribution >= 0.6 is 0 Å². The maximum Gasteiger partial charge on any atom is 0.325 e. The van der Waals surface area contributed by atoms with Gasteiger partial charge in [0.1, 0.15) is 11.8 Å². The molecule has 0 N–H and O–H groups in total. The van der Waals surface area contributed by atoms with Crippen LogP contribution in [0.5, 0.6) is 0 Å². The first kappa shape index (κ1) is 15.7. The van der Waals surface area contributed by atoms with Crippen molar-refractivity contribution >= 4 is 21.4 Å². The monoisotopic (exact) mass is 314 g/mol. The molecule has 0 atom stereocenters. The maximum atomic E-state index is 10.9. The molecule has 0 bridgehead atoms. The van der Waals surface area contributed by atoms with E-state index in [2.05, 4.69) is 15.5 Å². The molecule has 1 aromatic rings. The number of oxime groups is 1. The first-order valence-corrected chi connectivity index (χ1v) is 8.25. The van der Waals surface area contributed by atoms with Gasteiger partial charge in [0.25, 0.3) is 0 Å². The Bertz CT molecular complexity index is 818. The molecule has 1 aliphatic rings. The Morgan fingerprint density at radius 3 is 2.23 bits per heavy atom. The highest BCUT2D eigenvalue weighted by Crippen LogP contribution is 2.22. The second-order valence-corrected chi connectivity index (χ2v) is 6.33. The molecule has 0 fully saturated rings. The molecule has 112 valence electrons. The van der Waals surface area contributed by atoms with E-state index in [-0.39, 0.29) is 0 Å². The number of hydrogen-bond acceptors (Lipinski definition) is 5. The molecule has 0 unspecified atom stereocenters. The molecule has 0 saturated heterocycles. The molecule has 0 aromatic heterocycles. The summed E-state index contributed by atoms with van der Waals surface area (Å²) in [6.07, 6.45) is 7.49. The Morgan fingerprint density at radius 1 is 1.14 bits per heavy atom. The van der Waals surface area contributed by atoms with Gasteiger partial charge in [0.2, 0.25) is 0 Å². The van der Waals surface area contributed by atoms with Crippen molar-refractivity contribution in [2.24, 2.45) is 5.16 Å². The summed E-state index contributed by atoms with van der Waals surface area (Å²) in [6.45, 7) is 1.98. The molecule has 1 aliphatic carbocycles. The zero-order chi connectivity index (χ0) is 16.2. The minimum Gasteiger partial charge on any atom is -0.268 e. The molecule has 0 saturated carbocycles. The molecule has 5 nitrogen and oxygen atoms in total. The van der Waals surface area contributed by atoms with Gasteiger partial charge in [-0.3, -0.25) is 4.28 Å². The molecule has 0 amide bonds. The smallest absolute Gasteiger partial charge is 0.268 e. The van der Waals surface area contributed by atoms with Crippen LogP contribution in [0.1, 0.15) is 11.1 Å². The summed E-state index contributed by atoms with van der Waals surface area (Å²) >= 11 is 0. The average molecular weight is 314 g/mol. The van der Waals surface area contributed by atoms with Crippen LogP contribution in [0.2, 0.25) is 0 Å². The predicted octanol–water partition coefficient (Wildman–Crippen LogP) is 2.73. The first-order valence-electron chi connectivity index (χ1n) is 6.43. The Balaban J connectivity index is 2.29. The van der Waals surface area contributed by atoms with Gasteiger partial charge in [-0.05, 0) is 30.2 Å². The summed E-state index contributed by atoms with van der Waals surface area (Å²) in [5, 5.41) is 12.9. The molecular formula is C16H14N2O3S. The van der Waals surface area contributed by atoms with Crippen molar-refractivity contribution in [3.05, 3.63) is 65.3 Å². The van der Waals surface area contributed by atoms with Gasteiger partial charge in [-0.25, -0.2) is 0 Å². The van der Waals surface area contributed by atoms with E-state index in [1.165, 1.54) is 0 Å². The van der Waals surface area contributed by atoms with Crippen LogP contribution in [0.25, 0.3) is 5.57 Å². The second-order valence-electron chi connectivity index (χ2n) is 4.77. The lowest BCUT2D eigenvalue weighted by molar-refractivity contribution is 0.344. The van der Waals surface area contributed by atoms with E-state index in [4.69, 9.17) is 0 Å². The molecular weight excluding hydrogens is 300 g/mol. The van der Waals surface area contributed by atoms with Crippen molar-refractivity contribution < 1.29 is 12.7 Å². The van der Waals surface area contributed by atoms with Crippen LogP contribution in [-0.4, -0.2) is 20.4 Å². The van der Waals surface area contributed by atoms with Crippen molar-refractivity contribution in [2.75, 3.05) is 6.26 Å². The Hall–Kier alpha value is -2.65. The zero-order valence-electron chi connectivity index (χ0n) is 12.1. The van der Waals surface area contributed by atoms with Crippen LogP contribution in [0.3, 0.4) is 0 Å². The lowest BCUT2D eigenvalue weighted by atomic mass is 9.97. The van der Waals surface area contributed by atoms with E-state index >= 15 is 0 Å². The number of rotatable bonds is 3. The van der Waals surface area contributed by atoms with Crippen molar-refractivity contribution in [3.63, 3.8) is 0 Å². The van der Waals surface area contributed by atoms with Gasteiger partial charge < -0.3 is 0 Å². The third kappa shape index (κ3) is 4.17. The van der Waals surface area contributed by atoms with Gasteiger partial charge in [-0.1, -0.05) is 47.1 Å². The minimum atomic E-state index is -3.62. The fourth-order valence-electron chi connectivity index (χ4n) is 1.82. The maximum absolute atomic E-state index is 10.9. The van der Waals surface area contributed by atoms with Crippen molar-refractivity contribution in [3.8, 4) is 6.07 Å². The normalized spacial score (nSPS) is 13.7. The van der Waals surface area contributed by atoms with E-state index in [1.807, 2.05) is 31.2 Å². The summed E-state index contributed by atoms with van der Waals surface area (Å²) in [4.78, 5) is 0. The van der Waals surface area contributed by atoms with E-state index in [1.54, 1.807) is 24.3 Å². The largest absolute Gasteiger partial charge is 0.325 e. The summed E-state index contributed by atoms with van der Waals surface area (Å²) in [7, 11) is -3.62. The number of nitriles is 1. The van der Waals surface area contributed by atoms with Crippen LogP contribution in [0.15, 0.2) is 59.3 Å². The number of hydrogen-bond donors (Lipinski definition) is 0. The van der Waals surface area contributed by atoms with Crippen LogP contribution in [0.4, 0.5) is 0 Å². The topological polar surface area (TPSA) is 79.5 Å². The fraction of sp³-hybridized carbons (Fsp3) is 0.125. The average Bonchev–Trinajstić information content (AvgIpc) is 2.48. The number of aryl methyl sites for hydroxylation is 1. The number of benzene rings is 1. The van der Waals surface area contributed by atoms with Crippen LogP contribution in [-0.2, 0) is 14.4 Å². The van der Waals surface area contributed by atoms with E-state index < -0.39 is 10.1 Å². The third-order valence-electron chi connectivity index (χ3n) is 2.89. The highest BCUT2D eigenvalue weighted by molar-refractivity contribution is 7.85. The quantitative estimate of drug-likeness (QED) is 0.634. The minimum absolute atomic E-state index is 0.357. The summed E-state index contributed by atoms with van der Waals surface area (Å²) < 4.78 is 26.1. The van der Waals surface area contributed by atoms with Gasteiger partial charge in [0, 0.05) is 0 Å². The van der Waals surface area contributed by atoms with Gasteiger partial charge >= 0.3 is 10.1 Å². The van der Waals surface area contributed by atoms with Crippen molar-refractivity contribution in [2.45, 2.75) is 6.92 Å². The lowest BCUT2D eigenvalue weighted by Gasteiger charge is -2.07. The third-order valence-corrected chi connectivity index (χ3v) is 3.23. The van der Waals surface area contributed by atoms with Gasteiger partial charge in [-0.15, -0.1) is 0 Å². The second kappa shape index (κ2) is 6.41. The van der Waals surface area contributed by atoms with Crippen LogP contribution < -0.4 is 0 Å². The molecule has 2 rings (SSSR count). The summed E-state index contributed by atoms with van der Waals surface area (Å²) in [5.74, 6) is 0. The SMILES string of the molecule is Cc1ccc(C(C#N)=C2C=CC(=NOS(C)(=O)=O)C=C2)cc1. The van der Waals surface area contributed by atoms with Crippen LogP contribution in [0, 0.1) is 18.3 Å². The summed E-state index contributed by atoms with van der Waals surface area (Å²) in [6, 6.07) is 9.85. The van der Waals surface area contributed by atoms with Gasteiger partial charge in [0.15, 0.2) is 0 Å².